The molecule has 0 aliphatic rings. The first-order valence-electron chi connectivity index (χ1n) is 8.76. The molecule has 29 heavy (non-hydrogen) atoms. The monoisotopic (exact) mass is 423 g/mol. The minimum atomic E-state index is -3.68. The Labute approximate surface area is 172 Å². The number of nitrogens with zero attached hydrogens (tertiary/aromatic N) is 1. The number of nitrogens with one attached hydrogen (secondary N) is 2. The van der Waals surface area contributed by atoms with Gasteiger partial charge in [0.05, 0.1) is 11.2 Å². The Morgan fingerprint density at radius 3 is 2.69 bits per heavy atom. The van der Waals surface area contributed by atoms with Gasteiger partial charge in [0.1, 0.15) is 4.21 Å². The Morgan fingerprint density at radius 2 is 1.90 bits per heavy atom. The average Bonchev–Trinajstić information content (AvgIpc) is 3.26. The number of rotatable bonds is 5. The third-order valence-corrected chi connectivity index (χ3v) is 7.14. The highest BCUT2D eigenvalue weighted by atomic mass is 32.2. The zero-order valence-corrected chi connectivity index (χ0v) is 17.0. The van der Waals surface area contributed by atoms with Gasteiger partial charge in [-0.05, 0) is 60.3 Å². The second-order valence-electron chi connectivity index (χ2n) is 6.40. The van der Waals surface area contributed by atoms with E-state index < -0.39 is 10.0 Å². The summed E-state index contributed by atoms with van der Waals surface area (Å²) in [5, 5.41) is 5.43. The van der Waals surface area contributed by atoms with Crippen LogP contribution in [0.1, 0.15) is 15.9 Å². The number of aryl methyl sites for hydroxylation is 1. The van der Waals surface area contributed by atoms with Gasteiger partial charge in [0.25, 0.3) is 15.9 Å². The first-order valence-corrected chi connectivity index (χ1v) is 11.1. The van der Waals surface area contributed by atoms with Crippen molar-refractivity contribution in [1.82, 2.24) is 4.98 Å². The second kappa shape index (κ2) is 7.65. The molecule has 1 amide bonds. The van der Waals surface area contributed by atoms with E-state index in [9.17, 15) is 13.2 Å². The first-order chi connectivity index (χ1) is 13.9. The predicted molar refractivity (Wildman–Crippen MR) is 116 cm³/mol. The van der Waals surface area contributed by atoms with E-state index in [1.54, 1.807) is 35.8 Å². The standard InChI is InChI=1S/C21H17N3O3S2/c1-14-9-10-18(17-7-3-11-22-20(14)17)23-21(25)15-5-2-6-16(13-15)24-29(26,27)19-8-4-12-28-19/h2-13,24H,1H3,(H,23,25). The first kappa shape index (κ1) is 19.1. The third kappa shape index (κ3) is 3.98. The van der Waals surface area contributed by atoms with Crippen molar-refractivity contribution < 1.29 is 13.2 Å². The van der Waals surface area contributed by atoms with Crippen LogP contribution in [0.2, 0.25) is 0 Å². The van der Waals surface area contributed by atoms with Gasteiger partial charge in [-0.2, -0.15) is 0 Å². The van der Waals surface area contributed by atoms with Gasteiger partial charge in [-0.15, -0.1) is 11.3 Å². The molecule has 146 valence electrons. The molecule has 2 aromatic heterocycles. The number of hydrogen-bond acceptors (Lipinski definition) is 5. The molecule has 6 nitrogen and oxygen atoms in total. The number of anilines is 2. The zero-order valence-electron chi connectivity index (χ0n) is 15.4. The lowest BCUT2D eigenvalue weighted by atomic mass is 10.1. The van der Waals surface area contributed by atoms with Crippen LogP contribution in [0, 0.1) is 6.92 Å². The van der Waals surface area contributed by atoms with Gasteiger partial charge in [0.15, 0.2) is 0 Å². The van der Waals surface area contributed by atoms with E-state index in [1.807, 2.05) is 31.2 Å². The summed E-state index contributed by atoms with van der Waals surface area (Å²) in [6, 6.07) is 17.0. The number of pyridine rings is 1. The third-order valence-electron chi connectivity index (χ3n) is 4.36. The summed E-state index contributed by atoms with van der Waals surface area (Å²) in [6.07, 6.45) is 1.71. The summed E-state index contributed by atoms with van der Waals surface area (Å²) in [7, 11) is -3.68. The number of thiophene rings is 1. The molecule has 0 aliphatic heterocycles. The predicted octanol–water partition coefficient (Wildman–Crippen LogP) is 4.66. The maximum Gasteiger partial charge on any atom is 0.271 e. The number of aromatic nitrogens is 1. The van der Waals surface area contributed by atoms with E-state index in [4.69, 9.17) is 0 Å². The highest BCUT2D eigenvalue weighted by molar-refractivity contribution is 7.94. The Balaban J connectivity index is 1.59. The van der Waals surface area contributed by atoms with Crippen molar-refractivity contribution in [2.75, 3.05) is 10.0 Å². The molecule has 0 atom stereocenters. The number of fused-ring (bicyclic) bond motifs is 1. The van der Waals surface area contributed by atoms with E-state index in [2.05, 4.69) is 15.0 Å². The number of benzene rings is 2. The van der Waals surface area contributed by atoms with Crippen molar-refractivity contribution in [3.05, 3.63) is 83.4 Å². The number of carbonyl (C=O) groups excluding carboxylic acids is 1. The van der Waals surface area contributed by atoms with Crippen molar-refractivity contribution in [3.63, 3.8) is 0 Å². The van der Waals surface area contributed by atoms with Gasteiger partial charge in [-0.25, -0.2) is 8.42 Å². The van der Waals surface area contributed by atoms with Crippen molar-refractivity contribution in [3.8, 4) is 0 Å². The molecule has 0 radical (unpaired) electrons. The molecule has 8 heteroatoms. The van der Waals surface area contributed by atoms with Crippen molar-refractivity contribution in [2.45, 2.75) is 11.1 Å². The van der Waals surface area contributed by atoms with Crippen LogP contribution in [-0.4, -0.2) is 19.3 Å². The molecular formula is C21H17N3O3S2. The summed E-state index contributed by atoms with van der Waals surface area (Å²) in [5.41, 5.74) is 3.15. The summed E-state index contributed by atoms with van der Waals surface area (Å²) >= 11 is 1.13. The molecule has 0 spiro atoms. The molecule has 0 unspecified atom stereocenters. The van der Waals surface area contributed by atoms with Gasteiger partial charge in [-0.3, -0.25) is 14.5 Å². The van der Waals surface area contributed by atoms with Gasteiger partial charge in [0, 0.05) is 22.8 Å². The summed E-state index contributed by atoms with van der Waals surface area (Å²) < 4.78 is 27.5. The minimum absolute atomic E-state index is 0.214. The van der Waals surface area contributed by atoms with Gasteiger partial charge < -0.3 is 5.32 Å². The van der Waals surface area contributed by atoms with Crippen LogP contribution in [0.5, 0.6) is 0 Å². The van der Waals surface area contributed by atoms with Crippen LogP contribution in [0.15, 0.2) is 76.4 Å². The van der Waals surface area contributed by atoms with E-state index in [1.165, 1.54) is 12.1 Å². The minimum Gasteiger partial charge on any atom is -0.321 e. The quantitative estimate of drug-likeness (QED) is 0.489. The molecule has 0 bridgehead atoms. The molecule has 2 aromatic carbocycles. The van der Waals surface area contributed by atoms with Crippen LogP contribution >= 0.6 is 11.3 Å². The van der Waals surface area contributed by atoms with E-state index in [-0.39, 0.29) is 10.1 Å². The molecule has 0 saturated heterocycles. The maximum absolute atomic E-state index is 12.8. The van der Waals surface area contributed by atoms with Gasteiger partial charge in [-0.1, -0.05) is 18.2 Å². The van der Waals surface area contributed by atoms with Gasteiger partial charge in [0.2, 0.25) is 0 Å². The average molecular weight is 424 g/mol. The number of sulfonamides is 1. The SMILES string of the molecule is Cc1ccc(NC(=O)c2cccc(NS(=O)(=O)c3cccs3)c2)c2cccnc12. The number of carbonyl (C=O) groups is 1. The molecular weight excluding hydrogens is 406 g/mol. The lowest BCUT2D eigenvalue weighted by molar-refractivity contribution is 0.102. The molecule has 0 aliphatic carbocycles. The lowest BCUT2D eigenvalue weighted by Gasteiger charge is -2.11. The summed E-state index contributed by atoms with van der Waals surface area (Å²) in [4.78, 5) is 17.2. The molecule has 2 heterocycles. The van der Waals surface area contributed by atoms with Crippen LogP contribution < -0.4 is 10.0 Å². The molecule has 4 aromatic rings. The van der Waals surface area contributed by atoms with Crippen molar-refractivity contribution in [1.29, 1.82) is 0 Å². The Morgan fingerprint density at radius 1 is 1.03 bits per heavy atom. The lowest BCUT2D eigenvalue weighted by Crippen LogP contribution is -2.14. The van der Waals surface area contributed by atoms with E-state index in [0.717, 1.165) is 27.8 Å². The van der Waals surface area contributed by atoms with Crippen molar-refractivity contribution >= 4 is 49.5 Å². The Hall–Kier alpha value is -3.23. The molecule has 4 rings (SSSR count). The van der Waals surface area contributed by atoms with Crippen LogP contribution in [0.25, 0.3) is 10.9 Å². The topological polar surface area (TPSA) is 88.2 Å². The normalized spacial score (nSPS) is 11.3. The number of hydrogen-bond donors (Lipinski definition) is 2. The molecule has 2 N–H and O–H groups in total. The molecule has 0 saturated carbocycles. The van der Waals surface area contributed by atoms with E-state index >= 15 is 0 Å². The van der Waals surface area contributed by atoms with Gasteiger partial charge >= 0.3 is 0 Å². The Kier molecular flexibility index (Phi) is 5.04. The van der Waals surface area contributed by atoms with Crippen LogP contribution in [0.3, 0.4) is 0 Å². The number of amides is 1. The molecule has 0 fully saturated rings. The summed E-state index contributed by atoms with van der Waals surface area (Å²) in [5.74, 6) is -0.337. The Bertz CT molecular complexity index is 1300. The van der Waals surface area contributed by atoms with Crippen LogP contribution in [0.4, 0.5) is 11.4 Å². The van der Waals surface area contributed by atoms with Crippen molar-refractivity contribution in [2.24, 2.45) is 0 Å². The largest absolute Gasteiger partial charge is 0.321 e. The summed E-state index contributed by atoms with van der Waals surface area (Å²) in [6.45, 7) is 1.96. The van der Waals surface area contributed by atoms with E-state index in [0.29, 0.717) is 16.9 Å². The highest BCUT2D eigenvalue weighted by Crippen LogP contribution is 2.26. The fourth-order valence-electron chi connectivity index (χ4n) is 2.96. The highest BCUT2D eigenvalue weighted by Gasteiger charge is 2.16. The fourth-order valence-corrected chi connectivity index (χ4v) is 5.01. The smallest absolute Gasteiger partial charge is 0.271 e. The maximum atomic E-state index is 12.8. The van der Waals surface area contributed by atoms with Crippen LogP contribution in [-0.2, 0) is 10.0 Å². The zero-order chi connectivity index (χ0) is 20.4. The fraction of sp³-hybridized carbons (Fsp3) is 0.0476. The second-order valence-corrected chi connectivity index (χ2v) is 9.26.